The van der Waals surface area contributed by atoms with Crippen LogP contribution in [-0.4, -0.2) is 38.7 Å². The summed E-state index contributed by atoms with van der Waals surface area (Å²) in [5.74, 6) is 0.852. The summed E-state index contributed by atoms with van der Waals surface area (Å²) in [7, 11) is 5.82. The zero-order chi connectivity index (χ0) is 17.1. The van der Waals surface area contributed by atoms with E-state index < -0.39 is 0 Å². The number of fused-ring (bicyclic) bond motifs is 1. The van der Waals surface area contributed by atoms with Crippen LogP contribution in [0.1, 0.15) is 17.2 Å². The first-order chi connectivity index (χ1) is 11.5. The Morgan fingerprint density at radius 1 is 1.12 bits per heavy atom. The van der Waals surface area contributed by atoms with Crippen molar-refractivity contribution in [3.63, 3.8) is 0 Å². The number of anilines is 1. The van der Waals surface area contributed by atoms with E-state index in [0.717, 1.165) is 22.6 Å². The highest BCUT2D eigenvalue weighted by atomic mass is 16.5. The Kier molecular flexibility index (Phi) is 4.60. The predicted molar refractivity (Wildman–Crippen MR) is 95.4 cm³/mol. The molecule has 2 aromatic rings. The Hall–Kier alpha value is -2.69. The van der Waals surface area contributed by atoms with Gasteiger partial charge in [0.1, 0.15) is 12.4 Å². The monoisotopic (exact) mass is 325 g/mol. The largest absolute Gasteiger partial charge is 0.491 e. The predicted octanol–water partition coefficient (Wildman–Crippen LogP) is 3.03. The second-order valence-electron chi connectivity index (χ2n) is 6.27. The molecule has 0 saturated heterocycles. The van der Waals surface area contributed by atoms with Crippen LogP contribution in [0.5, 0.6) is 5.75 Å². The molecule has 0 spiro atoms. The third kappa shape index (κ3) is 3.45. The molecule has 2 aromatic carbocycles. The Morgan fingerprint density at radius 3 is 2.54 bits per heavy atom. The number of hydrogen-bond donors (Lipinski definition) is 1. The molecule has 1 aliphatic rings. The number of urea groups is 1. The van der Waals surface area contributed by atoms with Gasteiger partial charge in [0.15, 0.2) is 0 Å². The zero-order valence-corrected chi connectivity index (χ0v) is 14.3. The molecule has 0 aliphatic carbocycles. The lowest BCUT2D eigenvalue weighted by Gasteiger charge is -2.21. The van der Waals surface area contributed by atoms with Crippen molar-refractivity contribution in [2.75, 3.05) is 32.6 Å². The molecule has 0 aromatic heterocycles. The van der Waals surface area contributed by atoms with E-state index >= 15 is 0 Å². The van der Waals surface area contributed by atoms with Crippen molar-refractivity contribution in [3.8, 4) is 5.75 Å². The fraction of sp³-hybridized carbons (Fsp3) is 0.316. The number of nitrogens with zero attached hydrogens (tertiary/aromatic N) is 2. The van der Waals surface area contributed by atoms with Gasteiger partial charge in [0.05, 0.1) is 6.04 Å². The van der Waals surface area contributed by atoms with Crippen molar-refractivity contribution in [1.82, 2.24) is 10.2 Å². The highest BCUT2D eigenvalue weighted by Crippen LogP contribution is 2.31. The fourth-order valence-electron chi connectivity index (χ4n) is 2.79. The highest BCUT2D eigenvalue weighted by Gasteiger charge is 2.26. The Morgan fingerprint density at radius 2 is 1.83 bits per heavy atom. The van der Waals surface area contributed by atoms with Crippen molar-refractivity contribution in [3.05, 3.63) is 59.7 Å². The van der Waals surface area contributed by atoms with Gasteiger partial charge in [-0.25, -0.2) is 4.79 Å². The fourth-order valence-corrected chi connectivity index (χ4v) is 2.79. The van der Waals surface area contributed by atoms with E-state index in [9.17, 15) is 4.79 Å². The van der Waals surface area contributed by atoms with Gasteiger partial charge in [0.2, 0.25) is 0 Å². The summed E-state index contributed by atoms with van der Waals surface area (Å²) in [5.41, 5.74) is 3.28. The van der Waals surface area contributed by atoms with Gasteiger partial charge in [-0.2, -0.15) is 0 Å². The number of nitrogens with one attached hydrogen (secondary N) is 1. The Balaban J connectivity index is 1.59. The molecule has 1 atom stereocenters. The van der Waals surface area contributed by atoms with Gasteiger partial charge >= 0.3 is 6.03 Å². The second-order valence-corrected chi connectivity index (χ2v) is 6.27. The van der Waals surface area contributed by atoms with Crippen LogP contribution < -0.4 is 15.0 Å². The van der Waals surface area contributed by atoms with Gasteiger partial charge in [0, 0.05) is 38.9 Å². The van der Waals surface area contributed by atoms with Crippen LogP contribution in [0.3, 0.4) is 0 Å². The first-order valence-electron chi connectivity index (χ1n) is 8.04. The molecule has 1 aliphatic heterocycles. The lowest BCUT2D eigenvalue weighted by Crippen LogP contribution is -2.39. The molecule has 0 saturated carbocycles. The number of benzene rings is 2. The summed E-state index contributed by atoms with van der Waals surface area (Å²) in [6, 6.07) is 15.8. The summed E-state index contributed by atoms with van der Waals surface area (Å²) in [5, 5.41) is 3.04. The molecule has 0 fully saturated rings. The number of para-hydroxylation sites is 1. The van der Waals surface area contributed by atoms with Crippen LogP contribution in [-0.2, 0) is 6.54 Å². The highest BCUT2D eigenvalue weighted by molar-refractivity contribution is 5.74. The van der Waals surface area contributed by atoms with E-state index in [1.165, 1.54) is 0 Å². The summed E-state index contributed by atoms with van der Waals surface area (Å²) in [6.07, 6.45) is 0. The van der Waals surface area contributed by atoms with Gasteiger partial charge in [-0.1, -0.05) is 30.3 Å². The van der Waals surface area contributed by atoms with Gasteiger partial charge in [-0.3, -0.25) is 0 Å². The van der Waals surface area contributed by atoms with Gasteiger partial charge < -0.3 is 19.9 Å². The van der Waals surface area contributed by atoms with Crippen LogP contribution in [0.15, 0.2) is 48.5 Å². The Bertz CT molecular complexity index is 713. The molecule has 0 bridgehead atoms. The van der Waals surface area contributed by atoms with Crippen molar-refractivity contribution < 1.29 is 9.53 Å². The van der Waals surface area contributed by atoms with E-state index in [0.29, 0.717) is 13.2 Å². The Labute approximate surface area is 142 Å². The number of carbonyl (C=O) groups excluding carboxylic acids is 1. The summed E-state index contributed by atoms with van der Waals surface area (Å²) < 4.78 is 5.61. The molecule has 126 valence electrons. The molecular formula is C19H23N3O2. The minimum atomic E-state index is -0.100. The molecule has 1 heterocycles. The smallest absolute Gasteiger partial charge is 0.318 e. The molecule has 1 N–H and O–H groups in total. The maximum atomic E-state index is 12.4. The molecular weight excluding hydrogens is 302 g/mol. The molecule has 2 amide bonds. The van der Waals surface area contributed by atoms with Crippen LogP contribution >= 0.6 is 0 Å². The maximum Gasteiger partial charge on any atom is 0.318 e. The van der Waals surface area contributed by atoms with E-state index in [1.54, 1.807) is 11.9 Å². The number of carbonyl (C=O) groups is 1. The number of ether oxygens (including phenoxy) is 1. The normalized spacial score (nSPS) is 15.4. The quantitative estimate of drug-likeness (QED) is 0.940. The molecule has 5 heteroatoms. The zero-order valence-electron chi connectivity index (χ0n) is 14.3. The average Bonchev–Trinajstić information content (AvgIpc) is 2.98. The minimum absolute atomic E-state index is 0.0905. The third-order valence-electron chi connectivity index (χ3n) is 4.22. The van der Waals surface area contributed by atoms with Crippen LogP contribution in [0.25, 0.3) is 0 Å². The first-order valence-corrected chi connectivity index (χ1v) is 8.04. The molecule has 3 rings (SSSR count). The molecule has 5 nitrogen and oxygen atoms in total. The van der Waals surface area contributed by atoms with Crippen molar-refractivity contribution in [2.45, 2.75) is 12.6 Å². The van der Waals surface area contributed by atoms with E-state index in [1.807, 2.05) is 50.5 Å². The standard InChI is InChI=1S/C19H23N3O2/c1-21(2)15-10-8-14(9-11-15)12-22(3)19(23)20-17-13-24-18-7-5-4-6-16(17)18/h4-11,17H,12-13H2,1-3H3,(H,20,23). The minimum Gasteiger partial charge on any atom is -0.491 e. The molecule has 1 unspecified atom stereocenters. The SMILES string of the molecule is CN(Cc1ccc(N(C)C)cc1)C(=O)NC1COc2ccccc21. The number of hydrogen-bond acceptors (Lipinski definition) is 3. The maximum absolute atomic E-state index is 12.4. The number of amides is 2. The summed E-state index contributed by atoms with van der Waals surface area (Å²) in [6.45, 7) is 1.05. The van der Waals surface area contributed by atoms with Gasteiger partial charge in [0.25, 0.3) is 0 Å². The second kappa shape index (κ2) is 6.83. The van der Waals surface area contributed by atoms with E-state index in [-0.39, 0.29) is 12.1 Å². The van der Waals surface area contributed by atoms with Crippen molar-refractivity contribution in [1.29, 1.82) is 0 Å². The first kappa shape index (κ1) is 16.2. The average molecular weight is 325 g/mol. The lowest BCUT2D eigenvalue weighted by atomic mass is 10.1. The van der Waals surface area contributed by atoms with Crippen LogP contribution in [0.4, 0.5) is 10.5 Å². The lowest BCUT2D eigenvalue weighted by molar-refractivity contribution is 0.199. The number of rotatable bonds is 4. The van der Waals surface area contributed by atoms with Crippen LogP contribution in [0.2, 0.25) is 0 Å². The van der Waals surface area contributed by atoms with Crippen molar-refractivity contribution >= 4 is 11.7 Å². The van der Waals surface area contributed by atoms with Crippen LogP contribution in [0, 0.1) is 0 Å². The van der Waals surface area contributed by atoms with Gasteiger partial charge in [-0.15, -0.1) is 0 Å². The van der Waals surface area contributed by atoms with Gasteiger partial charge in [-0.05, 0) is 23.8 Å². The topological polar surface area (TPSA) is 44.8 Å². The third-order valence-corrected chi connectivity index (χ3v) is 4.22. The molecule has 0 radical (unpaired) electrons. The van der Waals surface area contributed by atoms with E-state index in [4.69, 9.17) is 4.74 Å². The summed E-state index contributed by atoms with van der Waals surface area (Å²) >= 11 is 0. The van der Waals surface area contributed by atoms with Crippen molar-refractivity contribution in [2.24, 2.45) is 0 Å². The van der Waals surface area contributed by atoms with E-state index in [2.05, 4.69) is 22.3 Å². The molecule has 24 heavy (non-hydrogen) atoms. The summed E-state index contributed by atoms with van der Waals surface area (Å²) in [4.78, 5) is 16.2.